The molecule has 2 atom stereocenters. The van der Waals surface area contributed by atoms with Gasteiger partial charge in [0.1, 0.15) is 0 Å². The summed E-state index contributed by atoms with van der Waals surface area (Å²) in [7, 11) is 0. The van der Waals surface area contributed by atoms with Crippen LogP contribution in [0, 0.1) is 0 Å². The van der Waals surface area contributed by atoms with Gasteiger partial charge in [-0.05, 0) is 70.6 Å². The number of unbranched alkanes of at least 4 members (excludes halogenated alkanes) is 37. The highest BCUT2D eigenvalue weighted by Gasteiger charge is 2.20. The first-order chi connectivity index (χ1) is 35.7. The number of rotatable bonds is 58. The van der Waals surface area contributed by atoms with E-state index in [1.807, 2.05) is 0 Å². The predicted octanol–water partition coefficient (Wildman–Crippen LogP) is 21.5. The summed E-state index contributed by atoms with van der Waals surface area (Å²) < 4.78 is 0. The zero-order valence-corrected chi connectivity index (χ0v) is 48.2. The summed E-state index contributed by atoms with van der Waals surface area (Å²) in [6, 6.07) is -0.538. The van der Waals surface area contributed by atoms with E-state index in [9.17, 15) is 15.0 Å². The third-order valence-corrected chi connectivity index (χ3v) is 14.4. The van der Waals surface area contributed by atoms with Gasteiger partial charge in [0, 0.05) is 6.42 Å². The first kappa shape index (κ1) is 69.6. The molecule has 0 aromatic heterocycles. The molecule has 0 aromatic carbocycles. The minimum Gasteiger partial charge on any atom is -0.394 e. The van der Waals surface area contributed by atoms with Crippen molar-refractivity contribution in [1.29, 1.82) is 0 Å². The lowest BCUT2D eigenvalue weighted by molar-refractivity contribution is -0.123. The van der Waals surface area contributed by atoms with Crippen LogP contribution in [-0.2, 0) is 4.79 Å². The van der Waals surface area contributed by atoms with Gasteiger partial charge in [0.2, 0.25) is 5.91 Å². The zero-order chi connectivity index (χ0) is 52.0. The molecular weight excluding hydrogens is 879 g/mol. The Morgan fingerprint density at radius 2 is 0.611 bits per heavy atom. The van der Waals surface area contributed by atoms with Gasteiger partial charge in [-0.25, -0.2) is 0 Å². The summed E-state index contributed by atoms with van der Waals surface area (Å²) in [5.41, 5.74) is 0. The first-order valence-corrected chi connectivity index (χ1v) is 31.8. The van der Waals surface area contributed by atoms with E-state index >= 15 is 0 Å². The maximum atomic E-state index is 12.5. The lowest BCUT2D eigenvalue weighted by atomic mass is 10.0. The molecule has 1 amide bonds. The van der Waals surface area contributed by atoms with E-state index in [-0.39, 0.29) is 12.5 Å². The highest BCUT2D eigenvalue weighted by molar-refractivity contribution is 5.76. The van der Waals surface area contributed by atoms with Crippen molar-refractivity contribution < 1.29 is 15.0 Å². The number of aliphatic hydroxyl groups is 2. The largest absolute Gasteiger partial charge is 0.394 e. The molecule has 0 saturated heterocycles. The molecule has 0 saturated carbocycles. The maximum absolute atomic E-state index is 12.5. The van der Waals surface area contributed by atoms with Gasteiger partial charge >= 0.3 is 0 Å². The van der Waals surface area contributed by atoms with Crippen LogP contribution in [0.25, 0.3) is 0 Å². The Morgan fingerprint density at radius 3 is 0.917 bits per heavy atom. The summed E-state index contributed by atoms with van der Waals surface area (Å²) in [4.78, 5) is 12.5. The van der Waals surface area contributed by atoms with E-state index < -0.39 is 12.1 Å². The van der Waals surface area contributed by atoms with Crippen LogP contribution >= 0.6 is 0 Å². The van der Waals surface area contributed by atoms with E-state index in [0.29, 0.717) is 12.8 Å². The van der Waals surface area contributed by atoms with E-state index in [2.05, 4.69) is 104 Å². The molecule has 0 rings (SSSR count). The second kappa shape index (κ2) is 62.9. The number of aliphatic hydroxyl groups excluding tert-OH is 2. The smallest absolute Gasteiger partial charge is 0.220 e. The summed E-state index contributed by atoms with van der Waals surface area (Å²) in [6.45, 7) is 4.27. The minimum absolute atomic E-state index is 0.0277. The Morgan fingerprint density at radius 1 is 0.347 bits per heavy atom. The van der Waals surface area contributed by atoms with Crippen LogP contribution in [0.5, 0.6) is 0 Å². The van der Waals surface area contributed by atoms with Crippen LogP contribution in [-0.4, -0.2) is 34.9 Å². The second-order valence-electron chi connectivity index (χ2n) is 21.5. The second-order valence-corrected chi connectivity index (χ2v) is 21.5. The molecule has 0 spiro atoms. The molecule has 0 fully saturated rings. The van der Waals surface area contributed by atoms with Gasteiger partial charge < -0.3 is 15.5 Å². The van der Waals surface area contributed by atoms with Gasteiger partial charge in [0.15, 0.2) is 0 Å². The minimum atomic E-state index is -0.661. The number of carbonyl (C=O) groups excluding carboxylic acids is 1. The normalized spacial score (nSPS) is 13.3. The number of nitrogens with one attached hydrogen (secondary N) is 1. The van der Waals surface area contributed by atoms with Crippen molar-refractivity contribution in [3.05, 3.63) is 85.1 Å². The molecule has 418 valence electrons. The van der Waals surface area contributed by atoms with E-state index in [1.54, 1.807) is 0 Å². The average Bonchev–Trinajstić information content (AvgIpc) is 3.39. The van der Waals surface area contributed by atoms with Crippen molar-refractivity contribution in [1.82, 2.24) is 5.32 Å². The third-order valence-electron chi connectivity index (χ3n) is 14.4. The van der Waals surface area contributed by atoms with Gasteiger partial charge in [-0.15, -0.1) is 0 Å². The monoisotopic (exact) mass is 1000 g/mol. The number of hydrogen-bond acceptors (Lipinski definition) is 3. The molecular formula is C68H123NO3. The molecule has 0 radical (unpaired) electrons. The summed E-state index contributed by atoms with van der Waals surface area (Å²) in [6.07, 6.45) is 91.7. The number of carbonyl (C=O) groups is 1. The van der Waals surface area contributed by atoms with Crippen LogP contribution in [0.15, 0.2) is 85.1 Å². The summed E-state index contributed by atoms with van der Waals surface area (Å²) in [5.74, 6) is -0.0277. The molecule has 0 aliphatic carbocycles. The summed E-state index contributed by atoms with van der Waals surface area (Å²) in [5, 5.41) is 23.4. The van der Waals surface area contributed by atoms with Crippen LogP contribution in [0.2, 0.25) is 0 Å². The fraction of sp³-hybridized carbons (Fsp3) is 0.779. The van der Waals surface area contributed by atoms with Crippen LogP contribution in [0.1, 0.15) is 322 Å². The van der Waals surface area contributed by atoms with Crippen molar-refractivity contribution in [2.45, 2.75) is 334 Å². The lowest BCUT2D eigenvalue weighted by Gasteiger charge is -2.22. The van der Waals surface area contributed by atoms with Crippen LogP contribution in [0.4, 0.5) is 0 Å². The number of amides is 1. The fourth-order valence-electron chi connectivity index (χ4n) is 9.64. The zero-order valence-electron chi connectivity index (χ0n) is 48.2. The molecule has 0 heterocycles. The van der Waals surface area contributed by atoms with Crippen LogP contribution in [0.3, 0.4) is 0 Å². The van der Waals surface area contributed by atoms with E-state index in [4.69, 9.17) is 0 Å². The predicted molar refractivity (Wildman–Crippen MR) is 322 cm³/mol. The van der Waals surface area contributed by atoms with Crippen molar-refractivity contribution in [2.75, 3.05) is 6.61 Å². The van der Waals surface area contributed by atoms with E-state index in [1.165, 1.54) is 225 Å². The van der Waals surface area contributed by atoms with Crippen molar-refractivity contribution >= 4 is 5.91 Å². The molecule has 72 heavy (non-hydrogen) atoms. The molecule has 0 aliphatic heterocycles. The molecule has 0 aromatic rings. The highest BCUT2D eigenvalue weighted by Crippen LogP contribution is 2.18. The average molecular weight is 1000 g/mol. The summed E-state index contributed by atoms with van der Waals surface area (Å²) >= 11 is 0. The Kier molecular flexibility index (Phi) is 60.7. The topological polar surface area (TPSA) is 69.6 Å². The molecule has 0 aliphatic rings. The van der Waals surface area contributed by atoms with E-state index in [0.717, 1.165) is 70.6 Å². The molecule has 2 unspecified atom stereocenters. The lowest BCUT2D eigenvalue weighted by Crippen LogP contribution is -2.45. The third kappa shape index (κ3) is 58.5. The standard InChI is InChI=1S/C68H123NO3/c1-3-5-7-9-11-13-15-17-19-21-23-24-25-26-27-28-29-30-31-32-33-34-35-36-37-38-39-40-41-42-43-44-46-48-50-52-54-56-58-60-62-64-68(72)69-66(65-70)67(71)63-61-59-57-55-53-51-49-47-45-22-20-18-16-14-12-10-8-6-4-2/h5,7,11,13,17,19,23-24,26-27,29-30,32-33,66-67,70-71H,3-4,6,8-10,12,14-16,18,20-22,25,28,31,34-65H2,1-2H3,(H,69,72)/b7-5-,13-11-,19-17-,24-23-,27-26-,30-29-,33-32-. The Labute approximate surface area is 450 Å². The van der Waals surface area contributed by atoms with Crippen molar-refractivity contribution in [3.8, 4) is 0 Å². The molecule has 0 bridgehead atoms. The van der Waals surface area contributed by atoms with Crippen molar-refractivity contribution in [2.24, 2.45) is 0 Å². The quantitative estimate of drug-likeness (QED) is 0.0420. The first-order valence-electron chi connectivity index (χ1n) is 31.8. The molecule has 4 nitrogen and oxygen atoms in total. The molecule has 3 N–H and O–H groups in total. The number of hydrogen-bond donors (Lipinski definition) is 3. The van der Waals surface area contributed by atoms with Crippen LogP contribution < -0.4 is 5.32 Å². The highest BCUT2D eigenvalue weighted by atomic mass is 16.3. The Balaban J connectivity index is 3.44. The van der Waals surface area contributed by atoms with Gasteiger partial charge in [0.25, 0.3) is 0 Å². The van der Waals surface area contributed by atoms with Gasteiger partial charge in [-0.3, -0.25) is 4.79 Å². The SMILES string of the molecule is CC/C=C\C/C=C\C/C=C\C/C=C\C/C=C\C/C=C\C/C=C\CCCCCCCCCCCCCCCCCCCCCC(=O)NC(CO)C(O)CCCCCCCCCCCCCCCCCCCCC. The van der Waals surface area contributed by atoms with Gasteiger partial charge in [-0.1, -0.05) is 330 Å². The fourth-order valence-corrected chi connectivity index (χ4v) is 9.64. The van der Waals surface area contributed by atoms with Gasteiger partial charge in [0.05, 0.1) is 18.8 Å². The van der Waals surface area contributed by atoms with Gasteiger partial charge in [-0.2, -0.15) is 0 Å². The van der Waals surface area contributed by atoms with Crippen molar-refractivity contribution in [3.63, 3.8) is 0 Å². The Hall–Kier alpha value is -2.43. The number of allylic oxidation sites excluding steroid dienone is 14. The molecule has 4 heteroatoms. The maximum Gasteiger partial charge on any atom is 0.220 e. The Bertz CT molecular complexity index is 1270.